The first-order valence-electron chi connectivity index (χ1n) is 14.2. The maximum atomic E-state index is 7.26. The zero-order chi connectivity index (χ0) is 29.4. The molecule has 4 nitrogen and oxygen atoms in total. The van der Waals surface area contributed by atoms with Crippen LogP contribution in [0, 0.1) is 0 Å². The predicted octanol–water partition coefficient (Wildman–Crippen LogP) is 9.94. The number of alkyl halides is 1. The van der Waals surface area contributed by atoms with E-state index < -0.39 is 0 Å². The molecule has 6 heteroatoms. The number of nitrogens with zero attached hydrogens (tertiary/aromatic N) is 1. The average Bonchev–Trinajstić information content (AvgIpc) is 3.34. The molecule has 0 fully saturated rings. The lowest BCUT2D eigenvalue weighted by molar-refractivity contribution is 0.306. The second-order valence-electron chi connectivity index (χ2n) is 10.2. The number of hydrogen-bond donors (Lipinski definition) is 0. The molecule has 0 aliphatic heterocycles. The van der Waals surface area contributed by atoms with Gasteiger partial charge in [0, 0.05) is 11.9 Å². The molecule has 0 atom stereocenters. The molecule has 0 amide bonds. The second kappa shape index (κ2) is 13.9. The van der Waals surface area contributed by atoms with Crippen molar-refractivity contribution in [3.63, 3.8) is 0 Å². The third-order valence-corrected chi connectivity index (χ3v) is 7.91. The smallest absolute Gasteiger partial charge is 0.130 e. The first kappa shape index (κ1) is 28.9. The molecule has 0 saturated carbocycles. The van der Waals surface area contributed by atoms with E-state index in [1.54, 1.807) is 0 Å². The molecule has 0 N–H and O–H groups in total. The number of fused-ring (bicyclic) bond motifs is 1. The number of halogens is 2. The summed E-state index contributed by atoms with van der Waals surface area (Å²) >= 11 is 10.7. The van der Waals surface area contributed by atoms with E-state index in [4.69, 9.17) is 25.8 Å². The summed E-state index contributed by atoms with van der Waals surface area (Å²) < 4.78 is 20.4. The molecule has 6 aromatic rings. The Morgan fingerprint density at radius 1 is 0.581 bits per heavy atom. The average molecular weight is 653 g/mol. The lowest BCUT2D eigenvalue weighted by Gasteiger charge is -2.13. The minimum atomic E-state index is 0.458. The van der Waals surface area contributed by atoms with Gasteiger partial charge in [-0.25, -0.2) is 0 Å². The molecular formula is C37H31BrClNO3. The van der Waals surface area contributed by atoms with Gasteiger partial charge in [0.15, 0.2) is 0 Å². The Labute approximate surface area is 265 Å². The number of rotatable bonds is 12. The normalized spacial score (nSPS) is 11.0. The predicted molar refractivity (Wildman–Crippen MR) is 179 cm³/mol. The second-order valence-corrected chi connectivity index (χ2v) is 11.3. The third kappa shape index (κ3) is 6.90. The van der Waals surface area contributed by atoms with Gasteiger partial charge in [0.1, 0.15) is 30.5 Å². The standard InChI is InChI=1S/C37H31BrClNO3/c38-22-23-41-31-18-14-27(15-19-31)24-40-33-12-7-13-34(43-26-29-10-5-2-6-11-29)35(33)36(39)37(40)30-16-20-32(21-17-30)42-25-28-8-3-1-4-9-28/h1-21H,22-26H2. The van der Waals surface area contributed by atoms with Crippen molar-refractivity contribution in [3.8, 4) is 28.5 Å². The summed E-state index contributed by atoms with van der Waals surface area (Å²) in [7, 11) is 0. The van der Waals surface area contributed by atoms with Gasteiger partial charge < -0.3 is 18.8 Å². The summed E-state index contributed by atoms with van der Waals surface area (Å²) in [4.78, 5) is 0. The molecule has 0 unspecified atom stereocenters. The molecular weight excluding hydrogens is 622 g/mol. The summed E-state index contributed by atoms with van der Waals surface area (Å²) in [5, 5.41) is 2.35. The number of hydrogen-bond acceptors (Lipinski definition) is 3. The Kier molecular flexibility index (Phi) is 9.31. The zero-order valence-electron chi connectivity index (χ0n) is 23.6. The molecule has 6 rings (SSSR count). The van der Waals surface area contributed by atoms with Crippen molar-refractivity contribution in [2.75, 3.05) is 11.9 Å². The van der Waals surface area contributed by atoms with Gasteiger partial charge in [0.05, 0.1) is 28.2 Å². The fourth-order valence-corrected chi connectivity index (χ4v) is 5.67. The van der Waals surface area contributed by atoms with E-state index in [-0.39, 0.29) is 0 Å². The topological polar surface area (TPSA) is 32.6 Å². The van der Waals surface area contributed by atoms with Crippen molar-refractivity contribution >= 4 is 38.4 Å². The Morgan fingerprint density at radius 3 is 1.84 bits per heavy atom. The molecule has 5 aromatic carbocycles. The molecule has 0 saturated heterocycles. The van der Waals surface area contributed by atoms with Crippen LogP contribution >= 0.6 is 27.5 Å². The number of aromatic nitrogens is 1. The van der Waals surface area contributed by atoms with E-state index >= 15 is 0 Å². The van der Waals surface area contributed by atoms with Crippen LogP contribution in [0.1, 0.15) is 16.7 Å². The molecule has 0 aliphatic carbocycles. The first-order chi connectivity index (χ1) is 21.2. The quantitative estimate of drug-likeness (QED) is 0.123. The van der Waals surface area contributed by atoms with E-state index in [1.807, 2.05) is 72.8 Å². The lowest BCUT2D eigenvalue weighted by Crippen LogP contribution is -2.03. The molecule has 0 radical (unpaired) electrons. The molecule has 216 valence electrons. The summed E-state index contributed by atoms with van der Waals surface area (Å²) in [6, 6.07) is 42.8. The molecule has 43 heavy (non-hydrogen) atoms. The minimum Gasteiger partial charge on any atom is -0.493 e. The van der Waals surface area contributed by atoms with Gasteiger partial charge in [-0.1, -0.05) is 106 Å². The Morgan fingerprint density at radius 2 is 1.19 bits per heavy atom. The van der Waals surface area contributed by atoms with E-state index in [0.29, 0.717) is 31.4 Å². The zero-order valence-corrected chi connectivity index (χ0v) is 25.9. The molecule has 1 heterocycles. The maximum absolute atomic E-state index is 7.26. The molecule has 0 aliphatic rings. The lowest BCUT2D eigenvalue weighted by atomic mass is 10.1. The van der Waals surface area contributed by atoms with Gasteiger partial charge in [-0.3, -0.25) is 0 Å². The van der Waals surface area contributed by atoms with E-state index in [2.05, 4.69) is 75.1 Å². The third-order valence-electron chi connectivity index (χ3n) is 7.22. The molecule has 0 spiro atoms. The van der Waals surface area contributed by atoms with Crippen LogP contribution in [-0.2, 0) is 19.8 Å². The van der Waals surface area contributed by atoms with Crippen molar-refractivity contribution in [2.45, 2.75) is 19.8 Å². The number of ether oxygens (including phenoxy) is 3. The van der Waals surface area contributed by atoms with Gasteiger partial charge in [-0.05, 0) is 70.8 Å². The fourth-order valence-electron chi connectivity index (χ4n) is 5.10. The van der Waals surface area contributed by atoms with Gasteiger partial charge in [0.2, 0.25) is 0 Å². The van der Waals surface area contributed by atoms with Gasteiger partial charge >= 0.3 is 0 Å². The Bertz CT molecular complexity index is 1770. The molecule has 0 bridgehead atoms. The van der Waals surface area contributed by atoms with Crippen LogP contribution in [0.25, 0.3) is 22.2 Å². The van der Waals surface area contributed by atoms with Crippen molar-refractivity contribution in [1.29, 1.82) is 0 Å². The van der Waals surface area contributed by atoms with Crippen LogP contribution < -0.4 is 14.2 Å². The van der Waals surface area contributed by atoms with Crippen molar-refractivity contribution in [1.82, 2.24) is 4.57 Å². The Hall–Kier alpha value is -4.19. The van der Waals surface area contributed by atoms with E-state index in [9.17, 15) is 0 Å². The SMILES string of the molecule is Clc1c(-c2ccc(OCc3ccccc3)cc2)n(Cc2ccc(OCCBr)cc2)c2cccc(OCc3ccccc3)c12. The van der Waals surface area contributed by atoms with Crippen LogP contribution in [0.3, 0.4) is 0 Å². The summed E-state index contributed by atoms with van der Waals surface area (Å²) in [5.41, 5.74) is 6.31. The van der Waals surface area contributed by atoms with Crippen molar-refractivity contribution in [3.05, 3.63) is 149 Å². The van der Waals surface area contributed by atoms with E-state index in [1.165, 1.54) is 0 Å². The highest BCUT2D eigenvalue weighted by Crippen LogP contribution is 2.43. The van der Waals surface area contributed by atoms with Crippen LogP contribution in [0.5, 0.6) is 17.2 Å². The van der Waals surface area contributed by atoms with Crippen LogP contribution in [0.4, 0.5) is 0 Å². The van der Waals surface area contributed by atoms with Crippen LogP contribution in [0.15, 0.2) is 127 Å². The van der Waals surface area contributed by atoms with Crippen LogP contribution in [-0.4, -0.2) is 16.5 Å². The highest BCUT2D eigenvalue weighted by Gasteiger charge is 2.21. The Balaban J connectivity index is 1.35. The maximum Gasteiger partial charge on any atom is 0.130 e. The summed E-state index contributed by atoms with van der Waals surface area (Å²) in [6.07, 6.45) is 0. The molecule has 1 aromatic heterocycles. The van der Waals surface area contributed by atoms with Crippen molar-refractivity contribution < 1.29 is 14.2 Å². The van der Waals surface area contributed by atoms with Crippen LogP contribution in [0.2, 0.25) is 5.02 Å². The van der Waals surface area contributed by atoms with Gasteiger partial charge in [-0.2, -0.15) is 0 Å². The largest absolute Gasteiger partial charge is 0.493 e. The number of benzene rings is 5. The van der Waals surface area contributed by atoms with Gasteiger partial charge in [0.25, 0.3) is 0 Å². The highest BCUT2D eigenvalue weighted by atomic mass is 79.9. The first-order valence-corrected chi connectivity index (χ1v) is 15.7. The van der Waals surface area contributed by atoms with Gasteiger partial charge in [-0.15, -0.1) is 0 Å². The minimum absolute atomic E-state index is 0.458. The van der Waals surface area contributed by atoms with Crippen molar-refractivity contribution in [2.24, 2.45) is 0 Å². The summed E-state index contributed by atoms with van der Waals surface area (Å²) in [5.74, 6) is 2.41. The fraction of sp³-hybridized carbons (Fsp3) is 0.135. The van der Waals surface area contributed by atoms with E-state index in [0.717, 1.165) is 61.4 Å². The monoisotopic (exact) mass is 651 g/mol. The highest BCUT2D eigenvalue weighted by molar-refractivity contribution is 9.09. The summed E-state index contributed by atoms with van der Waals surface area (Å²) in [6.45, 7) is 2.22.